The third-order valence-electron chi connectivity index (χ3n) is 3.25. The zero-order valence-electron chi connectivity index (χ0n) is 11.5. The van der Waals surface area contributed by atoms with Crippen molar-refractivity contribution in [3.63, 3.8) is 0 Å². The Balaban J connectivity index is 2.06. The molecule has 22 heavy (non-hydrogen) atoms. The number of carbonyl (C=O) groups is 1. The summed E-state index contributed by atoms with van der Waals surface area (Å²) < 4.78 is 0. The number of fused-ring (bicyclic) bond motifs is 1. The molecular weight excluding hydrogens is 302 g/mol. The predicted octanol–water partition coefficient (Wildman–Crippen LogP) is 3.59. The molecule has 2 N–H and O–H groups in total. The lowest BCUT2D eigenvalue weighted by Gasteiger charge is -2.12. The molecule has 3 rings (SSSR count). The van der Waals surface area contributed by atoms with Crippen LogP contribution in [0.1, 0.15) is 15.9 Å². The highest BCUT2D eigenvalue weighted by Gasteiger charge is 2.14. The number of halogens is 1. The Hall–Kier alpha value is -2.66. The van der Waals surface area contributed by atoms with Gasteiger partial charge in [0.25, 0.3) is 0 Å². The molecule has 5 nitrogen and oxygen atoms in total. The van der Waals surface area contributed by atoms with Crippen LogP contribution in [0.2, 0.25) is 5.02 Å². The summed E-state index contributed by atoms with van der Waals surface area (Å²) in [5, 5.41) is 13.7. The molecule has 0 aliphatic rings. The smallest absolute Gasteiger partial charge is 0.339 e. The lowest BCUT2D eigenvalue weighted by atomic mass is 10.1. The molecule has 110 valence electrons. The minimum Gasteiger partial charge on any atom is -0.478 e. The standard InChI is InChI=1S/C16H12ClN3O2/c17-11-3-4-14-12(6-11)15(13(9-19-14)16(21)22)20-8-10-2-1-5-18-7-10/h1-7,9H,8H2,(H,19,20)(H,21,22). The number of carboxylic acids is 1. The largest absolute Gasteiger partial charge is 0.478 e. The van der Waals surface area contributed by atoms with Crippen LogP contribution in [0.25, 0.3) is 10.9 Å². The van der Waals surface area contributed by atoms with Gasteiger partial charge in [-0.2, -0.15) is 0 Å². The fourth-order valence-corrected chi connectivity index (χ4v) is 2.38. The second-order valence-electron chi connectivity index (χ2n) is 4.73. The number of aromatic nitrogens is 2. The van der Waals surface area contributed by atoms with Gasteiger partial charge in [0.2, 0.25) is 0 Å². The lowest BCUT2D eigenvalue weighted by Crippen LogP contribution is -2.08. The maximum Gasteiger partial charge on any atom is 0.339 e. The Morgan fingerprint density at radius 1 is 1.27 bits per heavy atom. The molecule has 3 aromatic rings. The average molecular weight is 314 g/mol. The quantitative estimate of drug-likeness (QED) is 0.770. The van der Waals surface area contributed by atoms with Gasteiger partial charge in [0.15, 0.2) is 0 Å². The van der Waals surface area contributed by atoms with Crippen LogP contribution >= 0.6 is 11.6 Å². The fourth-order valence-electron chi connectivity index (χ4n) is 2.21. The van der Waals surface area contributed by atoms with Gasteiger partial charge >= 0.3 is 5.97 Å². The first kappa shape index (κ1) is 14.3. The first-order valence-electron chi connectivity index (χ1n) is 6.59. The normalized spacial score (nSPS) is 10.6. The summed E-state index contributed by atoms with van der Waals surface area (Å²) in [7, 11) is 0. The van der Waals surface area contributed by atoms with Gasteiger partial charge in [-0.3, -0.25) is 9.97 Å². The number of nitrogens with one attached hydrogen (secondary N) is 1. The van der Waals surface area contributed by atoms with Crippen LogP contribution in [-0.2, 0) is 6.54 Å². The molecule has 0 aliphatic carbocycles. The summed E-state index contributed by atoms with van der Waals surface area (Å²) in [5.41, 5.74) is 2.25. The minimum absolute atomic E-state index is 0.110. The maximum absolute atomic E-state index is 11.4. The molecule has 0 atom stereocenters. The number of pyridine rings is 2. The number of nitrogens with zero attached hydrogens (tertiary/aromatic N) is 2. The lowest BCUT2D eigenvalue weighted by molar-refractivity contribution is 0.0697. The predicted molar refractivity (Wildman–Crippen MR) is 85.3 cm³/mol. The van der Waals surface area contributed by atoms with Crippen LogP contribution in [0, 0.1) is 0 Å². The van der Waals surface area contributed by atoms with Crippen molar-refractivity contribution in [3.05, 3.63) is 65.1 Å². The van der Waals surface area contributed by atoms with E-state index in [-0.39, 0.29) is 5.56 Å². The first-order chi connectivity index (χ1) is 10.6. The Labute approximate surface area is 131 Å². The van der Waals surface area contributed by atoms with Crippen molar-refractivity contribution in [2.24, 2.45) is 0 Å². The van der Waals surface area contributed by atoms with Crippen molar-refractivity contribution < 1.29 is 9.90 Å². The number of anilines is 1. The SMILES string of the molecule is O=C(O)c1cnc2ccc(Cl)cc2c1NCc1cccnc1. The van der Waals surface area contributed by atoms with Gasteiger partial charge in [-0.1, -0.05) is 17.7 Å². The van der Waals surface area contributed by atoms with Crippen LogP contribution in [-0.4, -0.2) is 21.0 Å². The van der Waals surface area contributed by atoms with E-state index in [9.17, 15) is 9.90 Å². The van der Waals surface area contributed by atoms with E-state index in [4.69, 9.17) is 11.6 Å². The van der Waals surface area contributed by atoms with E-state index in [0.29, 0.717) is 28.2 Å². The summed E-state index contributed by atoms with van der Waals surface area (Å²) in [4.78, 5) is 19.6. The molecule has 0 saturated carbocycles. The van der Waals surface area contributed by atoms with Gasteiger partial charge in [0.05, 0.1) is 11.2 Å². The molecule has 0 spiro atoms. The molecule has 0 unspecified atom stereocenters. The van der Waals surface area contributed by atoms with Crippen LogP contribution in [0.4, 0.5) is 5.69 Å². The second-order valence-corrected chi connectivity index (χ2v) is 5.16. The number of hydrogen-bond acceptors (Lipinski definition) is 4. The van der Waals surface area contributed by atoms with Crippen molar-refractivity contribution in [1.29, 1.82) is 0 Å². The summed E-state index contributed by atoms with van der Waals surface area (Å²) in [5.74, 6) is -1.04. The average Bonchev–Trinajstić information content (AvgIpc) is 2.53. The van der Waals surface area contributed by atoms with Crippen LogP contribution in [0.15, 0.2) is 48.9 Å². The van der Waals surface area contributed by atoms with Gasteiger partial charge in [-0.05, 0) is 29.8 Å². The number of carboxylic acid groups (broad SMARTS) is 1. The van der Waals surface area contributed by atoms with Crippen molar-refractivity contribution >= 4 is 34.2 Å². The monoisotopic (exact) mass is 313 g/mol. The molecule has 0 radical (unpaired) electrons. The summed E-state index contributed by atoms with van der Waals surface area (Å²) in [6.45, 7) is 0.458. The molecule has 6 heteroatoms. The number of rotatable bonds is 4. The Morgan fingerprint density at radius 2 is 2.14 bits per heavy atom. The maximum atomic E-state index is 11.4. The van der Waals surface area contributed by atoms with E-state index in [1.807, 2.05) is 12.1 Å². The molecule has 0 aliphatic heterocycles. The molecule has 2 heterocycles. The zero-order chi connectivity index (χ0) is 15.5. The van der Waals surface area contributed by atoms with Crippen LogP contribution < -0.4 is 5.32 Å². The zero-order valence-corrected chi connectivity index (χ0v) is 12.2. The van der Waals surface area contributed by atoms with E-state index in [0.717, 1.165) is 5.56 Å². The summed E-state index contributed by atoms with van der Waals surface area (Å²) in [6, 6.07) is 8.94. The van der Waals surface area contributed by atoms with E-state index in [1.165, 1.54) is 6.20 Å². The molecule has 0 bridgehead atoms. The first-order valence-corrected chi connectivity index (χ1v) is 6.97. The van der Waals surface area contributed by atoms with E-state index in [1.54, 1.807) is 30.6 Å². The fraction of sp³-hybridized carbons (Fsp3) is 0.0625. The highest BCUT2D eigenvalue weighted by atomic mass is 35.5. The molecule has 1 aromatic carbocycles. The van der Waals surface area contributed by atoms with Gasteiger partial charge < -0.3 is 10.4 Å². The third-order valence-corrected chi connectivity index (χ3v) is 3.49. The summed E-state index contributed by atoms with van der Waals surface area (Å²) in [6.07, 6.45) is 4.77. The molecular formula is C16H12ClN3O2. The molecule has 0 fully saturated rings. The number of aromatic carboxylic acids is 1. The Kier molecular flexibility index (Phi) is 3.89. The van der Waals surface area contributed by atoms with Gasteiger partial charge in [-0.25, -0.2) is 4.79 Å². The molecule has 0 saturated heterocycles. The topological polar surface area (TPSA) is 75.1 Å². The third kappa shape index (κ3) is 2.84. The van der Waals surface area contributed by atoms with Gasteiger partial charge in [0.1, 0.15) is 5.56 Å². The van der Waals surface area contributed by atoms with Crippen molar-refractivity contribution in [2.75, 3.05) is 5.32 Å². The number of benzene rings is 1. The second kappa shape index (κ2) is 5.99. The van der Waals surface area contributed by atoms with Crippen molar-refractivity contribution in [3.8, 4) is 0 Å². The highest BCUT2D eigenvalue weighted by molar-refractivity contribution is 6.31. The summed E-state index contributed by atoms with van der Waals surface area (Å²) >= 11 is 6.03. The van der Waals surface area contributed by atoms with Crippen LogP contribution in [0.5, 0.6) is 0 Å². The number of hydrogen-bond donors (Lipinski definition) is 2. The van der Waals surface area contributed by atoms with Crippen molar-refractivity contribution in [2.45, 2.75) is 6.54 Å². The van der Waals surface area contributed by atoms with Crippen molar-refractivity contribution in [1.82, 2.24) is 9.97 Å². The Bertz CT molecular complexity index is 837. The Morgan fingerprint density at radius 3 is 2.86 bits per heavy atom. The molecule has 0 amide bonds. The van der Waals surface area contributed by atoms with Crippen LogP contribution in [0.3, 0.4) is 0 Å². The van der Waals surface area contributed by atoms with E-state index < -0.39 is 5.97 Å². The molecule has 2 aromatic heterocycles. The van der Waals surface area contributed by atoms with Gasteiger partial charge in [0, 0.05) is 35.5 Å². The van der Waals surface area contributed by atoms with E-state index in [2.05, 4.69) is 15.3 Å². The van der Waals surface area contributed by atoms with E-state index >= 15 is 0 Å². The van der Waals surface area contributed by atoms with Gasteiger partial charge in [-0.15, -0.1) is 0 Å². The highest BCUT2D eigenvalue weighted by Crippen LogP contribution is 2.29. The minimum atomic E-state index is -1.04.